The summed E-state index contributed by atoms with van der Waals surface area (Å²) in [4.78, 5) is 35.2. The van der Waals surface area contributed by atoms with Crippen LogP contribution in [0.15, 0.2) is 51.8 Å². The summed E-state index contributed by atoms with van der Waals surface area (Å²) >= 11 is 3.16. The Morgan fingerprint density at radius 1 is 1.03 bits per heavy atom. The largest absolute Gasteiger partial charge is 0.455 e. The number of carbonyl (C=O) groups excluding carboxylic acids is 3. The maximum atomic E-state index is 12.1. The number of nitrogens with one attached hydrogen (secondary N) is 3. The van der Waals surface area contributed by atoms with Crippen molar-refractivity contribution >= 4 is 49.5 Å². The maximum Gasteiger partial charge on any atom is 0.325 e. The molecule has 0 radical (unpaired) electrons. The van der Waals surface area contributed by atoms with Gasteiger partial charge in [0.05, 0.1) is 4.90 Å². The van der Waals surface area contributed by atoms with Gasteiger partial charge in [0.2, 0.25) is 10.0 Å². The lowest BCUT2D eigenvalue weighted by atomic mass is 10.1. The van der Waals surface area contributed by atoms with Crippen molar-refractivity contribution in [1.29, 1.82) is 0 Å². The average Bonchev–Trinajstić information content (AvgIpc) is 2.67. The van der Waals surface area contributed by atoms with Gasteiger partial charge in [0.15, 0.2) is 6.61 Å². The summed E-state index contributed by atoms with van der Waals surface area (Å²) in [5, 5.41) is 4.50. The van der Waals surface area contributed by atoms with E-state index in [9.17, 15) is 22.8 Å². The lowest BCUT2D eigenvalue weighted by molar-refractivity contribution is -0.147. The fourth-order valence-electron chi connectivity index (χ4n) is 2.21. The molecule has 0 saturated heterocycles. The van der Waals surface area contributed by atoms with E-state index < -0.39 is 41.1 Å². The number of halogens is 1. The molecule has 3 amide bonds. The second kappa shape index (κ2) is 10.3. The summed E-state index contributed by atoms with van der Waals surface area (Å²) in [5.74, 6) is -1.84. The van der Waals surface area contributed by atoms with Crippen molar-refractivity contribution in [2.45, 2.75) is 18.7 Å². The number of hydrogen-bond donors (Lipinski definition) is 3. The molecule has 30 heavy (non-hydrogen) atoms. The molecule has 3 N–H and O–H groups in total. The molecule has 0 aromatic heterocycles. The van der Waals surface area contributed by atoms with E-state index in [1.807, 2.05) is 25.2 Å². The number of amides is 3. The van der Waals surface area contributed by atoms with Crippen molar-refractivity contribution in [2.24, 2.45) is 0 Å². The lowest BCUT2D eigenvalue weighted by Gasteiger charge is -2.09. The molecule has 9 nitrogen and oxygen atoms in total. The quantitative estimate of drug-likeness (QED) is 0.502. The van der Waals surface area contributed by atoms with Crippen LogP contribution in [0.3, 0.4) is 0 Å². The lowest BCUT2D eigenvalue weighted by Crippen LogP contribution is -2.38. The fourth-order valence-corrected chi connectivity index (χ4v) is 3.78. The third kappa shape index (κ3) is 7.25. The van der Waals surface area contributed by atoms with Crippen LogP contribution in [0.25, 0.3) is 0 Å². The number of esters is 1. The third-order valence-corrected chi connectivity index (χ3v) is 5.79. The number of imide groups is 1. The van der Waals surface area contributed by atoms with Crippen LogP contribution in [-0.4, -0.2) is 39.5 Å². The minimum absolute atomic E-state index is 0.0366. The molecular formula is C19H20BrN3O6S. The predicted octanol–water partition coefficient (Wildman–Crippen LogP) is 2.24. The van der Waals surface area contributed by atoms with Crippen LogP contribution in [0.1, 0.15) is 11.1 Å². The van der Waals surface area contributed by atoms with Crippen molar-refractivity contribution in [2.75, 3.05) is 18.5 Å². The van der Waals surface area contributed by atoms with Crippen molar-refractivity contribution in [3.63, 3.8) is 0 Å². The van der Waals surface area contributed by atoms with Crippen LogP contribution in [0, 0.1) is 13.8 Å². The highest BCUT2D eigenvalue weighted by Gasteiger charge is 2.17. The number of benzene rings is 2. The van der Waals surface area contributed by atoms with Crippen LogP contribution in [0.2, 0.25) is 0 Å². The van der Waals surface area contributed by atoms with Gasteiger partial charge in [0.25, 0.3) is 5.91 Å². The standard InChI is InChI=1S/C19H20BrN3O6S/c1-12-6-7-15(8-13(12)2)22-19(26)23-17(24)11-29-18(25)10-21-30(27,28)16-5-3-4-14(20)9-16/h3-9,21H,10-11H2,1-2H3,(H2,22,23,24,26). The Morgan fingerprint density at radius 3 is 2.43 bits per heavy atom. The molecule has 2 aromatic carbocycles. The predicted molar refractivity (Wildman–Crippen MR) is 113 cm³/mol. The zero-order valence-electron chi connectivity index (χ0n) is 16.2. The Hall–Kier alpha value is -2.76. The van der Waals surface area contributed by atoms with Crippen molar-refractivity contribution in [1.82, 2.24) is 10.0 Å². The molecular weight excluding hydrogens is 478 g/mol. The highest BCUT2D eigenvalue weighted by atomic mass is 79.9. The molecule has 160 valence electrons. The molecule has 0 atom stereocenters. The van der Waals surface area contributed by atoms with Gasteiger partial charge in [-0.2, -0.15) is 4.72 Å². The van der Waals surface area contributed by atoms with Crippen LogP contribution < -0.4 is 15.4 Å². The molecule has 0 unspecified atom stereocenters. The molecule has 2 rings (SSSR count). The Labute approximate surface area is 182 Å². The number of rotatable bonds is 7. The Morgan fingerprint density at radius 2 is 1.77 bits per heavy atom. The minimum atomic E-state index is -3.92. The fraction of sp³-hybridized carbons (Fsp3) is 0.211. The summed E-state index contributed by atoms with van der Waals surface area (Å²) in [6.45, 7) is 2.40. The maximum absolute atomic E-state index is 12.1. The number of carbonyl (C=O) groups is 3. The molecule has 0 bridgehead atoms. The summed E-state index contributed by atoms with van der Waals surface area (Å²) in [6, 6.07) is 10.4. The number of urea groups is 1. The second-order valence-electron chi connectivity index (χ2n) is 6.24. The highest BCUT2D eigenvalue weighted by molar-refractivity contribution is 9.10. The number of ether oxygens (including phenoxy) is 1. The first kappa shape index (κ1) is 23.5. The molecule has 0 spiro atoms. The second-order valence-corrected chi connectivity index (χ2v) is 8.93. The number of anilines is 1. The van der Waals surface area contributed by atoms with Gasteiger partial charge < -0.3 is 10.1 Å². The van der Waals surface area contributed by atoms with Crippen LogP contribution in [0.4, 0.5) is 10.5 Å². The molecule has 0 heterocycles. The zero-order chi connectivity index (χ0) is 22.3. The van der Waals surface area contributed by atoms with Gasteiger partial charge in [-0.15, -0.1) is 0 Å². The van der Waals surface area contributed by atoms with Gasteiger partial charge >= 0.3 is 12.0 Å². The van der Waals surface area contributed by atoms with E-state index in [-0.39, 0.29) is 4.90 Å². The monoisotopic (exact) mass is 497 g/mol. The van der Waals surface area contributed by atoms with Crippen LogP contribution >= 0.6 is 15.9 Å². The van der Waals surface area contributed by atoms with E-state index in [4.69, 9.17) is 0 Å². The zero-order valence-corrected chi connectivity index (χ0v) is 18.6. The van der Waals surface area contributed by atoms with E-state index >= 15 is 0 Å². The van der Waals surface area contributed by atoms with E-state index in [0.717, 1.165) is 11.1 Å². The molecule has 11 heteroatoms. The highest BCUT2D eigenvalue weighted by Crippen LogP contribution is 2.16. The summed E-state index contributed by atoms with van der Waals surface area (Å²) < 4.78 is 31.5. The summed E-state index contributed by atoms with van der Waals surface area (Å²) in [5.41, 5.74) is 2.53. The first-order valence-electron chi connectivity index (χ1n) is 8.66. The van der Waals surface area contributed by atoms with Crippen LogP contribution in [0.5, 0.6) is 0 Å². The molecule has 0 aliphatic carbocycles. The third-order valence-electron chi connectivity index (χ3n) is 3.89. The van der Waals surface area contributed by atoms with Gasteiger partial charge in [-0.25, -0.2) is 13.2 Å². The van der Waals surface area contributed by atoms with Gasteiger partial charge in [-0.3, -0.25) is 14.9 Å². The Balaban J connectivity index is 1.76. The Bertz CT molecular complexity index is 1070. The first-order chi connectivity index (χ1) is 14.1. The molecule has 0 aliphatic heterocycles. The summed E-state index contributed by atoms with van der Waals surface area (Å²) in [6.07, 6.45) is 0. The SMILES string of the molecule is Cc1ccc(NC(=O)NC(=O)COC(=O)CNS(=O)(=O)c2cccc(Br)c2)cc1C. The molecule has 0 fully saturated rings. The van der Waals surface area contributed by atoms with E-state index in [2.05, 4.69) is 30.7 Å². The molecule has 2 aromatic rings. The smallest absolute Gasteiger partial charge is 0.325 e. The topological polar surface area (TPSA) is 131 Å². The van der Waals surface area contributed by atoms with Gasteiger partial charge in [0, 0.05) is 10.2 Å². The van der Waals surface area contributed by atoms with E-state index in [1.165, 1.54) is 18.2 Å². The summed E-state index contributed by atoms with van der Waals surface area (Å²) in [7, 11) is -3.92. The van der Waals surface area contributed by atoms with Gasteiger partial charge in [0.1, 0.15) is 6.54 Å². The minimum Gasteiger partial charge on any atom is -0.455 e. The number of aryl methyl sites for hydroxylation is 2. The van der Waals surface area contributed by atoms with Crippen molar-refractivity contribution in [3.8, 4) is 0 Å². The average molecular weight is 498 g/mol. The first-order valence-corrected chi connectivity index (χ1v) is 10.9. The normalized spacial score (nSPS) is 10.9. The van der Waals surface area contributed by atoms with Crippen LogP contribution in [-0.2, 0) is 24.3 Å². The number of hydrogen-bond acceptors (Lipinski definition) is 6. The van der Waals surface area contributed by atoms with Gasteiger partial charge in [-0.05, 0) is 55.3 Å². The van der Waals surface area contributed by atoms with Crippen molar-refractivity contribution < 1.29 is 27.5 Å². The molecule has 0 aliphatic rings. The van der Waals surface area contributed by atoms with E-state index in [1.54, 1.807) is 18.2 Å². The Kier molecular flexibility index (Phi) is 8.09. The van der Waals surface area contributed by atoms with E-state index in [0.29, 0.717) is 10.2 Å². The molecule has 0 saturated carbocycles. The number of sulfonamides is 1. The van der Waals surface area contributed by atoms with Gasteiger partial charge in [-0.1, -0.05) is 28.1 Å². The van der Waals surface area contributed by atoms with Crippen molar-refractivity contribution in [3.05, 3.63) is 58.1 Å².